The predicted molar refractivity (Wildman–Crippen MR) is 58.0 cm³/mol. The molecule has 1 aliphatic heterocycles. The lowest BCUT2D eigenvalue weighted by Crippen LogP contribution is -2.54. The fourth-order valence-electron chi connectivity index (χ4n) is 1.59. The maximum Gasteiger partial charge on any atom is 0.270 e. The largest absolute Gasteiger partial charge is 0.306 e. The third kappa shape index (κ3) is 2.58. The van der Waals surface area contributed by atoms with Crippen LogP contribution >= 0.6 is 0 Å². The van der Waals surface area contributed by atoms with Crippen molar-refractivity contribution in [2.24, 2.45) is 0 Å². The minimum atomic E-state index is -5.24. The number of hydrogen-bond acceptors (Lipinski definition) is 4. The molecule has 1 heterocycles. The van der Waals surface area contributed by atoms with E-state index >= 15 is 0 Å². The molecular weight excluding hydrogens is 323 g/mol. The molecule has 21 heavy (non-hydrogen) atoms. The summed E-state index contributed by atoms with van der Waals surface area (Å²) in [5.74, 6) is -13.5. The predicted octanol–water partition coefficient (Wildman–Crippen LogP) is 0.549. The number of carbonyl (C=O) groups excluding carboxylic acids is 1. The van der Waals surface area contributed by atoms with E-state index in [1.54, 1.807) is 0 Å². The van der Waals surface area contributed by atoms with Gasteiger partial charge in [0.15, 0.2) is 28.2 Å². The van der Waals surface area contributed by atoms with Gasteiger partial charge in [-0.3, -0.25) is 4.79 Å². The van der Waals surface area contributed by atoms with Crippen LogP contribution in [0.4, 0.5) is 22.0 Å². The molecule has 2 N–H and O–H groups in total. The summed E-state index contributed by atoms with van der Waals surface area (Å²) < 4.78 is 90.1. The Bertz CT molecular complexity index is 689. The summed E-state index contributed by atoms with van der Waals surface area (Å²) in [4.78, 5) is 9.32. The number of amides is 1. The van der Waals surface area contributed by atoms with E-state index < -0.39 is 56.0 Å². The molecule has 0 aliphatic carbocycles. The average Bonchev–Trinajstić information content (AvgIpc) is 2.30. The van der Waals surface area contributed by atoms with E-state index in [1.165, 1.54) is 4.72 Å². The Kier molecular flexibility index (Phi) is 3.89. The number of hydrogen-bond donors (Lipinski definition) is 2. The van der Waals surface area contributed by atoms with E-state index in [0.29, 0.717) is 6.54 Å². The van der Waals surface area contributed by atoms with Crippen molar-refractivity contribution in [2.45, 2.75) is 17.4 Å². The van der Waals surface area contributed by atoms with Crippen molar-refractivity contribution in [1.82, 2.24) is 10.0 Å². The van der Waals surface area contributed by atoms with Gasteiger partial charge in [-0.15, -0.1) is 0 Å². The standard InChI is InChI=1S/C10H7F5N2O3S/c11-4-5(12)7(14)9(8(15)6(4)13)21(19,20)17-10(18)3-1-2-16-3/h3,16H,1-2H2,(H,17,18). The Morgan fingerprint density at radius 3 is 1.81 bits per heavy atom. The molecule has 1 saturated heterocycles. The average molecular weight is 330 g/mol. The lowest BCUT2D eigenvalue weighted by molar-refractivity contribution is -0.122. The SMILES string of the molecule is O=C(NS(=O)(=O)c1c(F)c(F)c(F)c(F)c1F)C1CCN1. The molecule has 0 radical (unpaired) electrons. The van der Waals surface area contributed by atoms with Gasteiger partial charge in [-0.05, 0) is 13.0 Å². The summed E-state index contributed by atoms with van der Waals surface area (Å²) in [6.45, 7) is 0.431. The van der Waals surface area contributed by atoms with Gasteiger partial charge >= 0.3 is 0 Å². The normalized spacial score (nSPS) is 18.2. The molecule has 1 fully saturated rings. The number of benzene rings is 1. The number of rotatable bonds is 3. The molecule has 1 unspecified atom stereocenters. The first-order chi connectivity index (χ1) is 9.66. The molecule has 1 aromatic carbocycles. The fraction of sp³-hybridized carbons (Fsp3) is 0.300. The van der Waals surface area contributed by atoms with Gasteiger partial charge in [-0.25, -0.2) is 35.1 Å². The van der Waals surface area contributed by atoms with Gasteiger partial charge in [-0.2, -0.15) is 0 Å². The maximum atomic E-state index is 13.4. The molecule has 0 spiro atoms. The molecular formula is C10H7F5N2O3S. The zero-order chi connectivity index (χ0) is 15.9. The Morgan fingerprint density at radius 2 is 1.43 bits per heavy atom. The second-order valence-corrected chi connectivity index (χ2v) is 5.78. The molecule has 0 aromatic heterocycles. The highest BCUT2D eigenvalue weighted by Gasteiger charge is 2.36. The van der Waals surface area contributed by atoms with Gasteiger partial charge in [0.05, 0.1) is 6.04 Å². The molecule has 1 amide bonds. The highest BCUT2D eigenvalue weighted by Crippen LogP contribution is 2.26. The van der Waals surface area contributed by atoms with Crippen molar-refractivity contribution in [1.29, 1.82) is 0 Å². The third-order valence-corrected chi connectivity index (χ3v) is 4.18. The molecule has 1 aliphatic rings. The van der Waals surface area contributed by atoms with E-state index in [4.69, 9.17) is 0 Å². The summed E-state index contributed by atoms with van der Waals surface area (Å²) in [6, 6.07) is -0.902. The van der Waals surface area contributed by atoms with Crippen LogP contribution in [0.3, 0.4) is 0 Å². The van der Waals surface area contributed by atoms with Gasteiger partial charge in [0, 0.05) is 0 Å². The lowest BCUT2D eigenvalue weighted by Gasteiger charge is -2.26. The zero-order valence-electron chi connectivity index (χ0n) is 10.0. The van der Waals surface area contributed by atoms with E-state index in [9.17, 15) is 35.2 Å². The van der Waals surface area contributed by atoms with Crippen molar-refractivity contribution in [3.05, 3.63) is 29.1 Å². The molecule has 116 valence electrons. The van der Waals surface area contributed by atoms with Crippen LogP contribution in [-0.4, -0.2) is 26.9 Å². The molecule has 2 rings (SSSR count). The van der Waals surface area contributed by atoms with Crippen molar-refractivity contribution in [3.8, 4) is 0 Å². The Hall–Kier alpha value is -1.75. The molecule has 11 heteroatoms. The Morgan fingerprint density at radius 1 is 1.00 bits per heavy atom. The van der Waals surface area contributed by atoms with Crippen molar-refractivity contribution in [3.63, 3.8) is 0 Å². The smallest absolute Gasteiger partial charge is 0.270 e. The van der Waals surface area contributed by atoms with Gasteiger partial charge in [0.2, 0.25) is 5.82 Å². The van der Waals surface area contributed by atoms with Gasteiger partial charge in [-0.1, -0.05) is 0 Å². The van der Waals surface area contributed by atoms with Crippen LogP contribution in [0.15, 0.2) is 4.90 Å². The second kappa shape index (κ2) is 5.22. The minimum absolute atomic E-state index is 0.276. The van der Waals surface area contributed by atoms with Crippen LogP contribution < -0.4 is 10.0 Å². The van der Waals surface area contributed by atoms with Crippen LogP contribution in [0, 0.1) is 29.1 Å². The van der Waals surface area contributed by atoms with E-state index in [2.05, 4.69) is 5.32 Å². The highest BCUT2D eigenvalue weighted by molar-refractivity contribution is 7.90. The zero-order valence-corrected chi connectivity index (χ0v) is 10.8. The topological polar surface area (TPSA) is 75.3 Å². The molecule has 0 bridgehead atoms. The van der Waals surface area contributed by atoms with Gasteiger partial charge in [0.25, 0.3) is 15.9 Å². The van der Waals surface area contributed by atoms with E-state index in [-0.39, 0.29) is 6.42 Å². The molecule has 5 nitrogen and oxygen atoms in total. The first-order valence-corrected chi connectivity index (χ1v) is 6.96. The van der Waals surface area contributed by atoms with E-state index in [1.807, 2.05) is 0 Å². The van der Waals surface area contributed by atoms with Crippen LogP contribution in [0.5, 0.6) is 0 Å². The number of nitrogens with one attached hydrogen (secondary N) is 2. The quantitative estimate of drug-likeness (QED) is 0.482. The number of halogens is 5. The van der Waals surface area contributed by atoms with Crippen LogP contribution in [-0.2, 0) is 14.8 Å². The summed E-state index contributed by atoms with van der Waals surface area (Å²) in [7, 11) is -5.24. The number of sulfonamides is 1. The maximum absolute atomic E-state index is 13.4. The van der Waals surface area contributed by atoms with Crippen LogP contribution in [0.25, 0.3) is 0 Å². The minimum Gasteiger partial charge on any atom is -0.306 e. The third-order valence-electron chi connectivity index (χ3n) is 2.81. The summed E-state index contributed by atoms with van der Waals surface area (Å²) in [6.07, 6.45) is 0.276. The number of carbonyl (C=O) groups is 1. The fourth-order valence-corrected chi connectivity index (χ4v) is 2.75. The van der Waals surface area contributed by atoms with Crippen LogP contribution in [0.2, 0.25) is 0 Å². The molecule has 0 saturated carbocycles. The van der Waals surface area contributed by atoms with Gasteiger partial charge < -0.3 is 5.32 Å². The highest BCUT2D eigenvalue weighted by atomic mass is 32.2. The second-order valence-electron chi connectivity index (χ2n) is 4.16. The monoisotopic (exact) mass is 330 g/mol. The van der Waals surface area contributed by atoms with Crippen molar-refractivity contribution < 1.29 is 35.2 Å². The van der Waals surface area contributed by atoms with E-state index in [0.717, 1.165) is 0 Å². The van der Waals surface area contributed by atoms with Gasteiger partial charge in [0.1, 0.15) is 0 Å². The summed E-state index contributed by atoms with van der Waals surface area (Å²) in [5.41, 5.74) is 0. The molecule has 1 atom stereocenters. The molecule has 1 aromatic rings. The van der Waals surface area contributed by atoms with Crippen molar-refractivity contribution >= 4 is 15.9 Å². The Balaban J connectivity index is 2.47. The lowest BCUT2D eigenvalue weighted by atomic mass is 10.1. The first kappa shape index (κ1) is 15.6. The first-order valence-electron chi connectivity index (χ1n) is 5.48. The van der Waals surface area contributed by atoms with Crippen molar-refractivity contribution in [2.75, 3.05) is 6.54 Å². The summed E-state index contributed by atoms with van der Waals surface area (Å²) >= 11 is 0. The van der Waals surface area contributed by atoms with Crippen LogP contribution in [0.1, 0.15) is 6.42 Å². The Labute approximate surface area is 115 Å². The summed E-state index contributed by atoms with van der Waals surface area (Å²) in [5, 5.41) is 2.51.